The maximum absolute atomic E-state index is 14.1. The van der Waals surface area contributed by atoms with E-state index in [2.05, 4.69) is 79.3 Å². The molecule has 1 aliphatic carbocycles. The summed E-state index contributed by atoms with van der Waals surface area (Å²) >= 11 is 0. The SMILES string of the molecule is CCCCCCCC[N+]1=C(/C=C2\C(=O)C(/C=c3\c4cccc5cccc(c54)n3CCCCCC)=C2[O-])C(C)(C)c2c1ccc1cc(C(=O)O)ccc21. The van der Waals surface area contributed by atoms with Crippen LogP contribution < -0.4 is 10.5 Å². The van der Waals surface area contributed by atoms with Crippen molar-refractivity contribution in [1.82, 2.24) is 4.57 Å². The molecular formula is C46H50N2O4. The normalized spacial score (nSPS) is 16.7. The number of aromatic nitrogens is 1. The van der Waals surface area contributed by atoms with E-state index in [-0.39, 0.29) is 28.3 Å². The van der Waals surface area contributed by atoms with Gasteiger partial charge in [-0.3, -0.25) is 4.79 Å². The zero-order chi connectivity index (χ0) is 36.6. The maximum atomic E-state index is 14.1. The van der Waals surface area contributed by atoms with Crippen LogP contribution in [0.2, 0.25) is 0 Å². The number of aryl methyl sites for hydroxylation is 1. The van der Waals surface area contributed by atoms with Crippen LogP contribution in [0.25, 0.3) is 38.5 Å². The summed E-state index contributed by atoms with van der Waals surface area (Å²) in [5, 5.41) is 29.9. The predicted octanol–water partition coefficient (Wildman–Crippen LogP) is 9.29. The minimum atomic E-state index is -0.954. The van der Waals surface area contributed by atoms with Crippen molar-refractivity contribution in [3.05, 3.63) is 106 Å². The molecule has 4 aromatic carbocycles. The van der Waals surface area contributed by atoms with Crippen molar-refractivity contribution in [2.75, 3.05) is 6.54 Å². The molecule has 0 saturated carbocycles. The minimum Gasteiger partial charge on any atom is -0.871 e. The molecule has 6 nitrogen and oxygen atoms in total. The van der Waals surface area contributed by atoms with E-state index < -0.39 is 11.4 Å². The second kappa shape index (κ2) is 14.6. The van der Waals surface area contributed by atoms with Crippen LogP contribution in [0.15, 0.2) is 89.7 Å². The maximum Gasteiger partial charge on any atom is 0.335 e. The number of aromatic carboxylic acids is 1. The zero-order valence-corrected chi connectivity index (χ0v) is 31.1. The highest BCUT2D eigenvalue weighted by Gasteiger charge is 2.46. The van der Waals surface area contributed by atoms with Crippen molar-refractivity contribution >= 4 is 61.7 Å². The Morgan fingerprint density at radius 3 is 2.27 bits per heavy atom. The number of carboxylic acids is 1. The Balaban J connectivity index is 1.31. The van der Waals surface area contributed by atoms with E-state index in [0.717, 1.165) is 94.6 Å². The zero-order valence-electron chi connectivity index (χ0n) is 31.1. The average molecular weight is 695 g/mol. The molecule has 0 unspecified atom stereocenters. The molecular weight excluding hydrogens is 645 g/mol. The molecule has 5 aromatic rings. The van der Waals surface area contributed by atoms with Crippen LogP contribution in [0.1, 0.15) is 108 Å². The largest absolute Gasteiger partial charge is 0.871 e. The van der Waals surface area contributed by atoms with Crippen LogP contribution >= 0.6 is 0 Å². The van der Waals surface area contributed by atoms with E-state index in [1.807, 2.05) is 24.3 Å². The lowest BCUT2D eigenvalue weighted by molar-refractivity contribution is -0.438. The van der Waals surface area contributed by atoms with Crippen LogP contribution in [0.5, 0.6) is 0 Å². The molecule has 1 aromatic heterocycles. The second-order valence-corrected chi connectivity index (χ2v) is 15.2. The summed E-state index contributed by atoms with van der Waals surface area (Å²) in [5.41, 5.74) is 4.43. The number of fused-ring (bicyclic) bond motifs is 3. The van der Waals surface area contributed by atoms with Crippen molar-refractivity contribution < 1.29 is 24.4 Å². The molecule has 0 radical (unpaired) electrons. The monoisotopic (exact) mass is 694 g/mol. The average Bonchev–Trinajstić information content (AvgIpc) is 3.56. The third-order valence-electron chi connectivity index (χ3n) is 11.3. The molecule has 0 amide bonds. The Labute approximate surface area is 306 Å². The number of rotatable bonds is 15. The van der Waals surface area contributed by atoms with Gasteiger partial charge in [-0.15, -0.1) is 0 Å². The van der Waals surface area contributed by atoms with Gasteiger partial charge < -0.3 is 14.8 Å². The first kappa shape index (κ1) is 35.4. The molecule has 0 saturated heterocycles. The van der Waals surface area contributed by atoms with Gasteiger partial charge in [0.15, 0.2) is 11.5 Å². The fourth-order valence-corrected chi connectivity index (χ4v) is 8.58. The predicted molar refractivity (Wildman–Crippen MR) is 210 cm³/mol. The molecule has 0 fully saturated rings. The third-order valence-corrected chi connectivity index (χ3v) is 11.3. The molecule has 1 N–H and O–H groups in total. The van der Waals surface area contributed by atoms with Crippen molar-refractivity contribution in [3.8, 4) is 0 Å². The van der Waals surface area contributed by atoms with Gasteiger partial charge in [0.2, 0.25) is 5.69 Å². The molecule has 0 spiro atoms. The number of Topliss-reactive ketones (excluding diaryl/α,β-unsaturated/α-hetero) is 1. The first-order chi connectivity index (χ1) is 25.2. The highest BCUT2D eigenvalue weighted by atomic mass is 16.4. The standard InChI is InChI=1S/C46H50N2O4/c1-5-7-9-11-12-14-26-48-38-24-22-31-27-32(45(51)52)21-23-33(31)42(38)46(3,4)40(48)29-36-43(49)35(44(36)50)28-39-34-19-15-17-30-18-16-20-37(41(30)34)47(39)25-13-10-8-6-2/h15-24,27-29H,5-14,25-26H2,1-4H3,(H-,49,50,51,52). The first-order valence-electron chi connectivity index (χ1n) is 19.3. The fraction of sp³-hybridized carbons (Fsp3) is 0.370. The Bertz CT molecular complexity index is 2360. The summed E-state index contributed by atoms with van der Waals surface area (Å²) in [7, 11) is 0. The van der Waals surface area contributed by atoms with Crippen LogP contribution in [0.3, 0.4) is 0 Å². The number of ketones is 1. The summed E-state index contributed by atoms with van der Waals surface area (Å²) in [6.45, 7) is 10.3. The number of carboxylic acid groups (broad SMARTS) is 1. The van der Waals surface area contributed by atoms with Crippen LogP contribution in [-0.4, -0.2) is 38.3 Å². The quantitative estimate of drug-likeness (QED) is 0.0673. The molecule has 0 atom stereocenters. The van der Waals surface area contributed by atoms with E-state index in [1.165, 1.54) is 37.5 Å². The molecule has 2 aliphatic rings. The lowest BCUT2D eigenvalue weighted by Gasteiger charge is -2.29. The number of nitrogens with zero attached hydrogens (tertiary/aromatic N) is 2. The summed E-state index contributed by atoms with van der Waals surface area (Å²) in [4.78, 5) is 25.8. The topological polar surface area (TPSA) is 85.4 Å². The summed E-state index contributed by atoms with van der Waals surface area (Å²) in [5.74, 6) is -1.37. The fourth-order valence-electron chi connectivity index (χ4n) is 8.58. The van der Waals surface area contributed by atoms with Gasteiger partial charge in [0.25, 0.3) is 0 Å². The molecule has 2 heterocycles. The summed E-state index contributed by atoms with van der Waals surface area (Å²) in [6.07, 6.45) is 15.2. The Morgan fingerprint density at radius 1 is 0.827 bits per heavy atom. The van der Waals surface area contributed by atoms with Crippen molar-refractivity contribution in [2.24, 2.45) is 0 Å². The second-order valence-electron chi connectivity index (χ2n) is 15.2. The molecule has 1 aliphatic heterocycles. The van der Waals surface area contributed by atoms with Crippen molar-refractivity contribution in [1.29, 1.82) is 0 Å². The van der Waals surface area contributed by atoms with Crippen LogP contribution in [0.4, 0.5) is 5.69 Å². The van der Waals surface area contributed by atoms with Crippen LogP contribution in [0, 0.1) is 0 Å². The molecule has 268 valence electrons. The number of hydrogen-bond donors (Lipinski definition) is 1. The van der Waals surface area contributed by atoms with E-state index in [1.54, 1.807) is 12.1 Å². The Hall–Kier alpha value is -4.97. The van der Waals surface area contributed by atoms with Gasteiger partial charge in [-0.25, -0.2) is 4.79 Å². The minimum absolute atomic E-state index is 0.207. The van der Waals surface area contributed by atoms with E-state index in [0.29, 0.717) is 0 Å². The number of benzene rings is 4. The highest BCUT2D eigenvalue weighted by Crippen LogP contribution is 2.45. The van der Waals surface area contributed by atoms with Gasteiger partial charge in [-0.1, -0.05) is 101 Å². The summed E-state index contributed by atoms with van der Waals surface area (Å²) in [6, 6.07) is 22.0. The number of hydrogen-bond acceptors (Lipinski definition) is 3. The van der Waals surface area contributed by atoms with Gasteiger partial charge in [0.1, 0.15) is 6.54 Å². The lowest BCUT2D eigenvalue weighted by atomic mass is 9.77. The van der Waals surface area contributed by atoms with Crippen molar-refractivity contribution in [3.63, 3.8) is 0 Å². The summed E-state index contributed by atoms with van der Waals surface area (Å²) < 4.78 is 4.60. The van der Waals surface area contributed by atoms with E-state index in [9.17, 15) is 19.8 Å². The molecule has 7 rings (SSSR count). The van der Waals surface area contributed by atoms with Gasteiger partial charge >= 0.3 is 5.97 Å². The van der Waals surface area contributed by atoms with Gasteiger partial charge in [-0.2, -0.15) is 4.58 Å². The first-order valence-corrected chi connectivity index (χ1v) is 19.3. The smallest absolute Gasteiger partial charge is 0.335 e. The van der Waals surface area contributed by atoms with Gasteiger partial charge in [-0.05, 0) is 73.2 Å². The third kappa shape index (κ3) is 6.16. The van der Waals surface area contributed by atoms with Crippen molar-refractivity contribution in [2.45, 2.75) is 104 Å². The number of unbranched alkanes of at least 4 members (excludes halogenated alkanes) is 8. The van der Waals surface area contributed by atoms with Gasteiger partial charge in [0, 0.05) is 63.5 Å². The number of carbonyl (C=O) groups excluding carboxylic acids is 1. The molecule has 6 heteroatoms. The number of carbonyl (C=O) groups is 2. The van der Waals surface area contributed by atoms with Crippen LogP contribution in [-0.2, 0) is 16.8 Å². The van der Waals surface area contributed by atoms with E-state index >= 15 is 0 Å². The Morgan fingerprint density at radius 2 is 1.54 bits per heavy atom. The van der Waals surface area contributed by atoms with E-state index in [4.69, 9.17) is 0 Å². The lowest BCUT2D eigenvalue weighted by Crippen LogP contribution is -2.34. The highest BCUT2D eigenvalue weighted by molar-refractivity contribution is 6.27. The number of allylic oxidation sites excluding steroid dienone is 3. The van der Waals surface area contributed by atoms with Gasteiger partial charge in [0.05, 0.1) is 11.0 Å². The molecule has 0 bridgehead atoms. The Kier molecular flexibility index (Phi) is 9.93. The molecule has 52 heavy (non-hydrogen) atoms.